The van der Waals surface area contributed by atoms with Crippen molar-refractivity contribution in [1.82, 2.24) is 4.98 Å². The van der Waals surface area contributed by atoms with Crippen molar-refractivity contribution in [2.45, 2.75) is 254 Å². The van der Waals surface area contributed by atoms with Gasteiger partial charge < -0.3 is 9.47 Å². The van der Waals surface area contributed by atoms with Crippen LogP contribution in [0.4, 0.5) is 0 Å². The van der Waals surface area contributed by atoms with Crippen molar-refractivity contribution in [2.75, 3.05) is 0 Å². The van der Waals surface area contributed by atoms with Crippen molar-refractivity contribution in [1.29, 1.82) is 0 Å². The number of nitrogens with zero attached hydrogens (tertiary/aromatic N) is 1. The van der Waals surface area contributed by atoms with Crippen LogP contribution in [0.25, 0.3) is 0 Å². The van der Waals surface area contributed by atoms with Crippen molar-refractivity contribution in [3.63, 3.8) is 0 Å². The number of pyridine rings is 1. The zero-order chi connectivity index (χ0) is 63.9. The molecule has 6 aliphatic carbocycles. The normalized spacial score (nSPS) is 17.0. The van der Waals surface area contributed by atoms with Crippen molar-refractivity contribution >= 4 is 48.4 Å². The first-order valence-corrected chi connectivity index (χ1v) is 54.8. The predicted molar refractivity (Wildman–Crippen MR) is 409 cm³/mol. The van der Waals surface area contributed by atoms with Gasteiger partial charge in [0.05, 0.1) is 48.4 Å². The van der Waals surface area contributed by atoms with Gasteiger partial charge in [-0.05, 0) is 129 Å². The van der Waals surface area contributed by atoms with Gasteiger partial charge in [-0.2, -0.15) is 0 Å². The Labute approximate surface area is 554 Å². The lowest BCUT2D eigenvalue weighted by Crippen LogP contribution is -2.33. The van der Waals surface area contributed by atoms with Gasteiger partial charge in [-0.1, -0.05) is 318 Å². The topological polar surface area (TPSA) is 31.4 Å². The maximum Gasteiger partial charge on any atom is 0.119 e. The molecule has 0 saturated heterocycles. The molecule has 1 heterocycles. The van der Waals surface area contributed by atoms with E-state index in [-0.39, 0.29) is 10.8 Å². The van der Waals surface area contributed by atoms with Crippen molar-refractivity contribution in [3.05, 3.63) is 230 Å². The summed E-state index contributed by atoms with van der Waals surface area (Å²) in [5.41, 5.74) is 5.48. The molecule has 3 aromatic rings. The largest absolute Gasteiger partial charge is 0.489 e. The maximum absolute atomic E-state index is 6.68. The summed E-state index contributed by atoms with van der Waals surface area (Å²) in [7, 11) is -9.04. The van der Waals surface area contributed by atoms with Crippen LogP contribution in [-0.4, -0.2) is 53.4 Å². The van der Waals surface area contributed by atoms with E-state index < -0.39 is 48.4 Å². The highest BCUT2D eigenvalue weighted by Crippen LogP contribution is 2.47. The van der Waals surface area contributed by atoms with Crippen LogP contribution in [0, 0.1) is 0 Å². The van der Waals surface area contributed by atoms with Crippen molar-refractivity contribution in [3.8, 4) is 11.5 Å². The highest BCUT2D eigenvalue weighted by Gasteiger charge is 2.39. The molecule has 90 heavy (non-hydrogen) atoms. The fourth-order valence-corrected chi connectivity index (χ4v) is 31.9. The maximum atomic E-state index is 6.68. The van der Waals surface area contributed by atoms with E-state index in [9.17, 15) is 0 Å². The first kappa shape index (κ1) is 69.7. The molecule has 3 nitrogen and oxygen atoms in total. The molecule has 0 bridgehead atoms. The number of rotatable bonds is 38. The summed E-state index contributed by atoms with van der Waals surface area (Å²) >= 11 is 0. The van der Waals surface area contributed by atoms with Crippen LogP contribution in [-0.2, 0) is 24.0 Å². The summed E-state index contributed by atoms with van der Waals surface area (Å²) in [5, 5.41) is 10.4. The van der Waals surface area contributed by atoms with Crippen LogP contribution in [0.5, 0.6) is 11.5 Å². The number of aromatic nitrogens is 1. The average Bonchev–Trinajstić information content (AvgIpc) is 3.37. The zero-order valence-electron chi connectivity index (χ0n) is 58.4. The fraction of sp³-hybridized carbons (Fsp3) is 0.494. The Morgan fingerprint density at radius 2 is 0.544 bits per heavy atom. The molecule has 0 N–H and O–H groups in total. The van der Waals surface area contributed by atoms with Gasteiger partial charge in [-0.15, -0.1) is 0 Å². The van der Waals surface area contributed by atoms with Gasteiger partial charge in [0, 0.05) is 23.5 Å². The fourth-order valence-electron chi connectivity index (χ4n) is 16.3. The number of ether oxygens (including phenoxy) is 2. The smallest absolute Gasteiger partial charge is 0.119 e. The SMILES string of the molecule is C[Si](C)(CCCC(CCC[Si](C)(C)C1=CC=CC1)(CCC[Si](C)(C)C1=CC=CC1)c1ccc(OCc2cncc(COc3ccc(C(CCC[Si](C)(C)C4=CC=CC4)(CCC[Si](C)(C)C4=CC=CC4)CCC[Si](C)(C)C4=CC=CC4)cc3)c2)cc1)C1=CC=CC1. The van der Waals surface area contributed by atoms with E-state index >= 15 is 0 Å². The highest BCUT2D eigenvalue weighted by molar-refractivity contribution is 6.86. The molecule has 2 aromatic carbocycles. The van der Waals surface area contributed by atoms with E-state index in [1.165, 1.54) is 124 Å². The molecule has 0 saturated carbocycles. The Morgan fingerprint density at radius 1 is 0.322 bits per heavy atom. The summed E-state index contributed by atoms with van der Waals surface area (Å²) in [6, 6.07) is 29.4. The van der Waals surface area contributed by atoms with Crippen LogP contribution >= 0.6 is 0 Å². The standard InChI is InChI=1S/C81H117NO2Si6/c1-85(2,74-31-13-14-32-74)57-25-51-80(52-26-58-86(3,4)75-33-15-16-34-75,53-27-59-87(5,6)76-35-17-18-36-76)70-43-47-72(48-44-70)83-66-68-63-69(65-82-64-68)67-84-73-49-45-71(46-50-73)81(54-28-60-88(7,8)77-37-19-20-38-77,55-29-61-89(9,10)78-39-21-22-40-78)56-30-62-90(11,12)79-41-23-24-42-79/h13-24,31,33,35,37,39,41,43-50,63-65H,25-30,32,34,36,38,40,42,51-62,66-67H2,1-12H3. The minimum absolute atomic E-state index is 0.142. The first-order valence-electron chi connectivity index (χ1n) is 35.6. The third-order valence-electron chi connectivity index (χ3n) is 23.2. The van der Waals surface area contributed by atoms with E-state index in [4.69, 9.17) is 14.5 Å². The molecular weight excluding hydrogens is 1190 g/mol. The predicted octanol–water partition coefficient (Wildman–Crippen LogP) is 24.2. The Bertz CT molecular complexity index is 2840. The number of benzene rings is 2. The lowest BCUT2D eigenvalue weighted by atomic mass is 9.70. The molecular formula is C81H117NO2Si6. The first-order chi connectivity index (χ1) is 43.0. The minimum Gasteiger partial charge on any atom is -0.489 e. The second-order valence-electron chi connectivity index (χ2n) is 32.3. The molecule has 0 atom stereocenters. The van der Waals surface area contributed by atoms with Gasteiger partial charge in [0.25, 0.3) is 0 Å². The Hall–Kier alpha value is -4.63. The molecule has 1 aromatic heterocycles. The number of hydrogen-bond donors (Lipinski definition) is 0. The Morgan fingerprint density at radius 3 is 0.744 bits per heavy atom. The summed E-state index contributed by atoms with van der Waals surface area (Å²) in [4.78, 5) is 4.74. The molecule has 9 rings (SSSR count). The summed E-state index contributed by atoms with van der Waals surface area (Å²) in [6.07, 6.45) is 69.0. The molecule has 0 spiro atoms. The summed E-state index contributed by atoms with van der Waals surface area (Å²) in [6.45, 7) is 32.5. The Balaban J connectivity index is 0.887. The van der Waals surface area contributed by atoms with E-state index in [1.807, 2.05) is 12.4 Å². The van der Waals surface area contributed by atoms with Crippen LogP contribution in [0.1, 0.15) is 138 Å². The zero-order valence-corrected chi connectivity index (χ0v) is 64.4. The Kier molecular flexibility index (Phi) is 24.1. The van der Waals surface area contributed by atoms with Gasteiger partial charge in [-0.25, -0.2) is 0 Å². The van der Waals surface area contributed by atoms with E-state index in [0.717, 1.165) is 61.2 Å². The molecule has 0 aliphatic heterocycles. The lowest BCUT2D eigenvalue weighted by molar-refractivity contribution is 0.297. The molecule has 0 amide bonds. The molecule has 482 valence electrons. The van der Waals surface area contributed by atoms with Crippen LogP contribution in [0.2, 0.25) is 115 Å². The number of allylic oxidation sites excluding steroid dienone is 24. The third kappa shape index (κ3) is 18.8. The molecule has 0 radical (unpaired) electrons. The summed E-state index contributed by atoms with van der Waals surface area (Å²) in [5.74, 6) is 1.86. The lowest BCUT2D eigenvalue weighted by Gasteiger charge is -2.38. The van der Waals surface area contributed by atoms with Crippen LogP contribution < -0.4 is 9.47 Å². The molecule has 0 fully saturated rings. The highest BCUT2D eigenvalue weighted by atomic mass is 28.3. The van der Waals surface area contributed by atoms with Crippen molar-refractivity contribution < 1.29 is 9.47 Å². The minimum atomic E-state index is -1.51. The quantitative estimate of drug-likeness (QED) is 0.0536. The molecule has 0 unspecified atom stereocenters. The van der Waals surface area contributed by atoms with E-state index in [2.05, 4.69) is 243 Å². The monoisotopic (exact) mass is 1300 g/mol. The van der Waals surface area contributed by atoms with Gasteiger partial charge in [0.2, 0.25) is 0 Å². The van der Waals surface area contributed by atoms with Crippen molar-refractivity contribution in [2.24, 2.45) is 0 Å². The third-order valence-corrected chi connectivity index (χ3v) is 45.5. The second kappa shape index (κ2) is 31.1. The van der Waals surface area contributed by atoms with Gasteiger partial charge >= 0.3 is 0 Å². The average molecular weight is 1310 g/mol. The molecule has 9 heteroatoms. The van der Waals surface area contributed by atoms with Gasteiger partial charge in [-0.3, -0.25) is 4.98 Å². The number of hydrogen-bond acceptors (Lipinski definition) is 3. The van der Waals surface area contributed by atoms with E-state index in [0.29, 0.717) is 13.2 Å². The van der Waals surface area contributed by atoms with Gasteiger partial charge in [0.15, 0.2) is 0 Å². The van der Waals surface area contributed by atoms with Crippen LogP contribution in [0.3, 0.4) is 0 Å². The van der Waals surface area contributed by atoms with E-state index in [1.54, 1.807) is 31.2 Å². The van der Waals surface area contributed by atoms with Crippen LogP contribution in [0.15, 0.2) is 208 Å². The summed E-state index contributed by atoms with van der Waals surface area (Å²) < 4.78 is 13.4. The van der Waals surface area contributed by atoms with Gasteiger partial charge in [0.1, 0.15) is 24.7 Å². The second-order valence-corrected chi connectivity index (χ2v) is 61.7. The molecule has 6 aliphatic rings.